The molecule has 51 heavy (non-hydrogen) atoms. The minimum atomic E-state index is -4.55. The number of H-pyrrole nitrogens is 1. The van der Waals surface area contributed by atoms with E-state index in [0.29, 0.717) is 24.8 Å². The van der Waals surface area contributed by atoms with Gasteiger partial charge in [-0.2, -0.15) is 8.42 Å². The van der Waals surface area contributed by atoms with E-state index in [9.17, 15) is 13.0 Å². The smallest absolute Gasteiger partial charge is 0.294 e. The van der Waals surface area contributed by atoms with E-state index in [1.807, 2.05) is 14.1 Å². The van der Waals surface area contributed by atoms with Crippen LogP contribution in [-0.4, -0.2) is 54.1 Å². The summed E-state index contributed by atoms with van der Waals surface area (Å²) in [6.45, 7) is 17.4. The highest BCUT2D eigenvalue weighted by Crippen LogP contribution is 2.51. The summed E-state index contributed by atoms with van der Waals surface area (Å²) >= 11 is 0. The molecular weight excluding hydrogens is 655 g/mol. The van der Waals surface area contributed by atoms with Crippen molar-refractivity contribution >= 4 is 45.1 Å². The first-order valence-electron chi connectivity index (χ1n) is 18.9. The number of hydrogen-bond donors (Lipinski definition) is 3. The van der Waals surface area contributed by atoms with Crippen molar-refractivity contribution in [2.24, 2.45) is 9.98 Å². The molecule has 0 fully saturated rings. The van der Waals surface area contributed by atoms with Crippen LogP contribution in [0.5, 0.6) is 0 Å². The fourth-order valence-corrected chi connectivity index (χ4v) is 9.46. The average Bonchev–Trinajstić information content (AvgIpc) is 3.83. The van der Waals surface area contributed by atoms with Crippen molar-refractivity contribution in [1.82, 2.24) is 9.88 Å². The van der Waals surface area contributed by atoms with E-state index in [1.165, 1.54) is 22.3 Å². The Bertz CT molecular complexity index is 2180. The number of nitrogens with one attached hydrogen (secondary N) is 2. The third-order valence-electron chi connectivity index (χ3n) is 11.4. The number of aliphatic imine (C=N–C) groups is 2. The zero-order valence-electron chi connectivity index (χ0n) is 32.1. The zero-order chi connectivity index (χ0) is 37.0. The lowest BCUT2D eigenvalue weighted by Gasteiger charge is -2.31. The van der Waals surface area contributed by atoms with Crippen LogP contribution in [0.1, 0.15) is 128 Å². The van der Waals surface area contributed by atoms with E-state index in [4.69, 9.17) is 9.98 Å². The molecule has 0 spiro atoms. The largest absolute Gasteiger partial charge is 0.383 e. The van der Waals surface area contributed by atoms with Crippen LogP contribution in [0.3, 0.4) is 0 Å². The second-order valence-electron chi connectivity index (χ2n) is 14.1. The summed E-state index contributed by atoms with van der Waals surface area (Å²) in [4.78, 5) is 20.6. The Hall–Kier alpha value is -4.08. The van der Waals surface area contributed by atoms with Crippen molar-refractivity contribution in [1.29, 1.82) is 0 Å². The quantitative estimate of drug-likeness (QED) is 0.218. The second kappa shape index (κ2) is 13.8. The van der Waals surface area contributed by atoms with Crippen molar-refractivity contribution in [3.05, 3.63) is 91.2 Å². The maximum Gasteiger partial charge on any atom is 0.294 e. The molecule has 1 aromatic carbocycles. The molecule has 3 N–H and O–H groups in total. The number of allylic oxidation sites excluding steroid dienone is 5. The molecule has 270 valence electrons. The van der Waals surface area contributed by atoms with Gasteiger partial charge in [-0.15, -0.1) is 0 Å². The topological polar surface area (TPSA) is 112 Å². The van der Waals surface area contributed by atoms with Crippen LogP contribution in [0.25, 0.3) is 12.2 Å². The third kappa shape index (κ3) is 5.77. The van der Waals surface area contributed by atoms with Gasteiger partial charge in [0.15, 0.2) is 0 Å². The lowest BCUT2D eigenvalue weighted by molar-refractivity contribution is -0.385. The number of aromatic amines is 1. The van der Waals surface area contributed by atoms with E-state index in [-0.39, 0.29) is 4.90 Å². The Morgan fingerprint density at radius 3 is 1.94 bits per heavy atom. The normalized spacial score (nSPS) is 18.7. The summed E-state index contributed by atoms with van der Waals surface area (Å²) in [5, 5.41) is 0. The van der Waals surface area contributed by atoms with E-state index >= 15 is 0 Å². The Morgan fingerprint density at radius 2 is 1.41 bits per heavy atom. The monoisotopic (exact) mass is 708 g/mol. The molecule has 9 heteroatoms. The highest BCUT2D eigenvalue weighted by molar-refractivity contribution is 7.85. The summed E-state index contributed by atoms with van der Waals surface area (Å²) in [5.74, 6) is 0. The second-order valence-corrected chi connectivity index (χ2v) is 15.5. The van der Waals surface area contributed by atoms with E-state index in [1.54, 1.807) is 12.1 Å². The molecular formula is C42H54N5O3S+. The number of hydrogen-bond acceptors (Lipinski definition) is 5. The number of aromatic nitrogens is 1. The van der Waals surface area contributed by atoms with Crippen LogP contribution in [0.4, 0.5) is 5.69 Å². The zero-order valence-corrected chi connectivity index (χ0v) is 32.9. The van der Waals surface area contributed by atoms with Gasteiger partial charge < -0.3 is 9.88 Å². The highest BCUT2D eigenvalue weighted by Gasteiger charge is 2.48. The molecule has 4 aliphatic rings. The molecule has 8 bridgehead atoms. The molecule has 6 rings (SSSR count). The summed E-state index contributed by atoms with van der Waals surface area (Å²) in [7, 11) is -0.486. The van der Waals surface area contributed by atoms with Crippen LogP contribution in [0.2, 0.25) is 0 Å². The van der Waals surface area contributed by atoms with Gasteiger partial charge in [-0.3, -0.25) is 9.55 Å². The molecule has 0 unspecified atom stereocenters. The Morgan fingerprint density at radius 1 is 0.804 bits per heavy atom. The number of rotatable bonds is 10. The maximum absolute atomic E-state index is 13.0. The van der Waals surface area contributed by atoms with Crippen LogP contribution in [-0.2, 0) is 28.4 Å². The lowest BCUT2D eigenvalue weighted by Crippen LogP contribution is -2.69. The standard InChI is InChI=1S/C42H53N5O3S/c1-11-25-26(12-2)35-22-37-28(14-4)30(16-6)39(45-37)32(23-47(9)10)41-42(17-7,18-8)33-20-24(51(48,49)50)19-31(40(33)46-41)38-29(15-5)27(13-3)36(44-38)21-34(25)43-35/h19-23,43H,11-18H2,1-10H3,(H,48,49,50)/p+1/b32-23-,36-21?,37-22?. The molecule has 8 nitrogen and oxygen atoms in total. The molecule has 0 amide bonds. The SMILES string of the molecule is CCC1=C(CC)C2=NC1=Cc1[nH]c(c(CC)c1CC)C=C1[NH+]=C(C(CC)=C1CC)/C(=C/N(C)C)C1=Nc3c2cc(S(=O)(=O)O)cc3C1(CC)CC. The molecule has 4 aliphatic heterocycles. The van der Waals surface area contributed by atoms with Gasteiger partial charge in [0, 0.05) is 59.9 Å². The minimum Gasteiger partial charge on any atom is -0.383 e. The van der Waals surface area contributed by atoms with Gasteiger partial charge in [-0.05, 0) is 97.4 Å². The van der Waals surface area contributed by atoms with Crippen LogP contribution < -0.4 is 4.99 Å². The fraction of sp³-hybridized carbons (Fsp3) is 0.452. The van der Waals surface area contributed by atoms with Gasteiger partial charge in [0.2, 0.25) is 11.4 Å². The van der Waals surface area contributed by atoms with Crippen molar-refractivity contribution in [2.75, 3.05) is 14.1 Å². The predicted molar refractivity (Wildman–Crippen MR) is 211 cm³/mol. The van der Waals surface area contributed by atoms with Crippen LogP contribution in [0, 0.1) is 0 Å². The number of fused-ring (bicyclic) bond motifs is 5. The fourth-order valence-electron chi connectivity index (χ4n) is 8.93. The molecule has 2 aromatic rings. The highest BCUT2D eigenvalue weighted by atomic mass is 32.2. The van der Waals surface area contributed by atoms with Crippen LogP contribution in [0.15, 0.2) is 72.5 Å². The van der Waals surface area contributed by atoms with Gasteiger partial charge in [-0.25, -0.2) is 9.98 Å². The van der Waals surface area contributed by atoms with Gasteiger partial charge in [0.1, 0.15) is 0 Å². The average molecular weight is 709 g/mol. The Balaban J connectivity index is 1.85. The minimum absolute atomic E-state index is 0.127. The molecule has 1 aromatic heterocycles. The van der Waals surface area contributed by atoms with Gasteiger partial charge in [0.05, 0.1) is 33.3 Å². The summed E-state index contributed by atoms with van der Waals surface area (Å²) in [5.41, 5.74) is 16.7. The predicted octanol–water partition coefficient (Wildman–Crippen LogP) is 7.94. The molecule has 0 atom stereocenters. The van der Waals surface area contributed by atoms with E-state index in [0.717, 1.165) is 100.0 Å². The van der Waals surface area contributed by atoms with E-state index < -0.39 is 15.5 Å². The summed E-state index contributed by atoms with van der Waals surface area (Å²) in [6.07, 6.45) is 13.0. The third-order valence-corrected chi connectivity index (χ3v) is 12.2. The van der Waals surface area contributed by atoms with Crippen molar-refractivity contribution in [3.8, 4) is 0 Å². The maximum atomic E-state index is 13.0. The molecule has 0 saturated heterocycles. The first-order chi connectivity index (χ1) is 24.3. The Kier molecular flexibility index (Phi) is 9.94. The Labute approximate surface area is 304 Å². The first-order valence-corrected chi connectivity index (χ1v) is 20.3. The van der Waals surface area contributed by atoms with E-state index in [2.05, 4.69) is 88.6 Å². The summed E-state index contributed by atoms with van der Waals surface area (Å²) in [6, 6.07) is 3.25. The summed E-state index contributed by atoms with van der Waals surface area (Å²) < 4.78 is 36.7. The van der Waals surface area contributed by atoms with Gasteiger partial charge in [-0.1, -0.05) is 55.4 Å². The van der Waals surface area contributed by atoms with Gasteiger partial charge >= 0.3 is 0 Å². The van der Waals surface area contributed by atoms with Crippen molar-refractivity contribution in [2.45, 2.75) is 117 Å². The first kappa shape index (κ1) is 36.7. The number of nitrogens with zero attached hydrogens (tertiary/aromatic N) is 3. The molecule has 0 radical (unpaired) electrons. The molecule has 5 heterocycles. The molecule has 0 saturated carbocycles. The lowest BCUT2D eigenvalue weighted by atomic mass is 9.69. The van der Waals surface area contributed by atoms with Crippen LogP contribution >= 0.6 is 0 Å². The number of benzene rings is 1. The van der Waals surface area contributed by atoms with Gasteiger partial charge in [0.25, 0.3) is 10.1 Å². The van der Waals surface area contributed by atoms with Crippen molar-refractivity contribution < 1.29 is 18.0 Å². The molecule has 0 aliphatic carbocycles. The van der Waals surface area contributed by atoms with Crippen molar-refractivity contribution in [3.63, 3.8) is 0 Å².